The number of fused-ring (bicyclic) bond motifs is 1. The van der Waals surface area contributed by atoms with Crippen LogP contribution >= 0.6 is 0 Å². The fourth-order valence-corrected chi connectivity index (χ4v) is 4.99. The van der Waals surface area contributed by atoms with Gasteiger partial charge in [-0.05, 0) is 48.8 Å². The Hall–Kier alpha value is -2.62. The highest BCUT2D eigenvalue weighted by atomic mass is 16.2. The summed E-state index contributed by atoms with van der Waals surface area (Å²) in [7, 11) is 0. The van der Waals surface area contributed by atoms with Crippen LogP contribution in [0.3, 0.4) is 0 Å². The molecule has 1 aliphatic carbocycles. The minimum atomic E-state index is -0.362. The number of hydrogen-bond acceptors (Lipinski definition) is 2. The Morgan fingerprint density at radius 1 is 1.00 bits per heavy atom. The van der Waals surface area contributed by atoms with Gasteiger partial charge in [-0.15, -0.1) is 0 Å². The molecule has 1 N–H and O–H groups in total. The van der Waals surface area contributed by atoms with E-state index in [9.17, 15) is 9.59 Å². The maximum atomic E-state index is 13.3. The van der Waals surface area contributed by atoms with Gasteiger partial charge in [-0.3, -0.25) is 9.59 Å². The predicted octanol–water partition coefficient (Wildman–Crippen LogP) is 4.38. The normalized spacial score (nSPS) is 24.6. The first-order valence-electron chi connectivity index (χ1n) is 10.9. The summed E-state index contributed by atoms with van der Waals surface area (Å²) in [6.07, 6.45) is 5.25. The molecule has 2 aromatic rings. The Kier molecular flexibility index (Phi) is 5.98. The summed E-state index contributed by atoms with van der Waals surface area (Å²) >= 11 is 0. The van der Waals surface area contributed by atoms with E-state index in [0.717, 1.165) is 25.7 Å². The van der Waals surface area contributed by atoms with Gasteiger partial charge >= 0.3 is 0 Å². The summed E-state index contributed by atoms with van der Waals surface area (Å²) in [5, 5.41) is 3.14. The molecule has 0 spiro atoms. The number of nitrogens with one attached hydrogen (secondary N) is 1. The van der Waals surface area contributed by atoms with E-state index < -0.39 is 0 Å². The Labute approximate surface area is 173 Å². The van der Waals surface area contributed by atoms with E-state index in [-0.39, 0.29) is 29.8 Å². The van der Waals surface area contributed by atoms with E-state index >= 15 is 0 Å². The van der Waals surface area contributed by atoms with Crippen LogP contribution in [0.5, 0.6) is 0 Å². The van der Waals surface area contributed by atoms with Crippen LogP contribution in [-0.4, -0.2) is 35.3 Å². The van der Waals surface area contributed by atoms with E-state index in [1.807, 2.05) is 53.4 Å². The second-order valence-corrected chi connectivity index (χ2v) is 8.50. The third-order valence-electron chi connectivity index (χ3n) is 6.60. The van der Waals surface area contributed by atoms with Gasteiger partial charge in [0.15, 0.2) is 0 Å². The van der Waals surface area contributed by atoms with Gasteiger partial charge in [0.05, 0.1) is 0 Å². The molecule has 0 aromatic heterocycles. The second kappa shape index (κ2) is 8.81. The van der Waals surface area contributed by atoms with Gasteiger partial charge in [0.1, 0.15) is 6.04 Å². The lowest BCUT2D eigenvalue weighted by Gasteiger charge is -2.33. The van der Waals surface area contributed by atoms with Crippen LogP contribution in [0.1, 0.15) is 60.9 Å². The molecule has 2 aliphatic rings. The second-order valence-electron chi connectivity index (χ2n) is 8.50. The molecule has 4 rings (SSSR count). The first kappa shape index (κ1) is 19.7. The van der Waals surface area contributed by atoms with E-state index in [4.69, 9.17) is 0 Å². The zero-order chi connectivity index (χ0) is 20.2. The number of benzene rings is 2. The molecule has 0 radical (unpaired) electrons. The van der Waals surface area contributed by atoms with Crippen LogP contribution in [0.2, 0.25) is 0 Å². The van der Waals surface area contributed by atoms with Crippen LogP contribution in [0.4, 0.5) is 0 Å². The number of carbonyl (C=O) groups excluding carboxylic acids is 2. The van der Waals surface area contributed by atoms with Gasteiger partial charge in [0.2, 0.25) is 5.91 Å². The molecule has 2 amide bonds. The van der Waals surface area contributed by atoms with Crippen molar-refractivity contribution in [2.45, 2.75) is 57.0 Å². The highest BCUT2D eigenvalue weighted by molar-refractivity contribution is 5.98. The van der Waals surface area contributed by atoms with Crippen molar-refractivity contribution >= 4 is 11.8 Å². The number of amides is 2. The Bertz CT molecular complexity index is 836. The van der Waals surface area contributed by atoms with Gasteiger partial charge in [0.25, 0.3) is 5.91 Å². The molecule has 4 nitrogen and oxygen atoms in total. The van der Waals surface area contributed by atoms with E-state index in [0.29, 0.717) is 18.0 Å². The lowest BCUT2D eigenvalue weighted by molar-refractivity contribution is -0.125. The maximum absolute atomic E-state index is 13.3. The van der Waals surface area contributed by atoms with E-state index in [2.05, 4.69) is 24.4 Å². The zero-order valence-corrected chi connectivity index (χ0v) is 17.1. The first-order valence-corrected chi connectivity index (χ1v) is 10.9. The molecule has 1 saturated carbocycles. The highest BCUT2D eigenvalue weighted by Gasteiger charge is 2.47. The number of hydrogen-bond donors (Lipinski definition) is 1. The molecule has 152 valence electrons. The van der Waals surface area contributed by atoms with Crippen LogP contribution < -0.4 is 5.32 Å². The third kappa shape index (κ3) is 4.21. The Morgan fingerprint density at radius 3 is 2.38 bits per heavy atom. The predicted molar refractivity (Wildman–Crippen MR) is 115 cm³/mol. The molecule has 0 bridgehead atoms. The van der Waals surface area contributed by atoms with E-state index in [1.54, 1.807) is 0 Å². The van der Waals surface area contributed by atoms with Crippen molar-refractivity contribution in [2.75, 3.05) is 6.54 Å². The van der Waals surface area contributed by atoms with Crippen LogP contribution in [0, 0.1) is 5.92 Å². The summed E-state index contributed by atoms with van der Waals surface area (Å²) in [5.41, 5.74) is 1.89. The van der Waals surface area contributed by atoms with Crippen molar-refractivity contribution < 1.29 is 9.59 Å². The molecule has 2 fully saturated rings. The maximum Gasteiger partial charge on any atom is 0.254 e. The molecule has 29 heavy (non-hydrogen) atoms. The van der Waals surface area contributed by atoms with Crippen molar-refractivity contribution in [3.63, 3.8) is 0 Å². The van der Waals surface area contributed by atoms with Crippen molar-refractivity contribution in [1.29, 1.82) is 0 Å². The highest BCUT2D eigenvalue weighted by Crippen LogP contribution is 2.40. The van der Waals surface area contributed by atoms with Gasteiger partial charge in [0, 0.05) is 18.2 Å². The summed E-state index contributed by atoms with van der Waals surface area (Å²) in [4.78, 5) is 28.4. The average Bonchev–Trinajstić information content (AvgIpc) is 3.17. The van der Waals surface area contributed by atoms with Crippen LogP contribution in [0.25, 0.3) is 0 Å². The molecule has 1 aliphatic heterocycles. The smallest absolute Gasteiger partial charge is 0.254 e. The topological polar surface area (TPSA) is 49.4 Å². The fraction of sp³-hybridized carbons (Fsp3) is 0.440. The first-order chi connectivity index (χ1) is 14.1. The minimum absolute atomic E-state index is 0.00346. The minimum Gasteiger partial charge on any atom is -0.354 e. The van der Waals surface area contributed by atoms with Gasteiger partial charge in [-0.2, -0.15) is 0 Å². The lowest BCUT2D eigenvalue weighted by Crippen LogP contribution is -2.50. The van der Waals surface area contributed by atoms with Gasteiger partial charge in [-0.25, -0.2) is 0 Å². The Balaban J connectivity index is 1.49. The molecule has 2 aromatic carbocycles. The number of carbonyl (C=O) groups is 2. The van der Waals surface area contributed by atoms with Gasteiger partial charge in [-0.1, -0.05) is 68.3 Å². The molecule has 1 saturated heterocycles. The van der Waals surface area contributed by atoms with Gasteiger partial charge < -0.3 is 10.2 Å². The van der Waals surface area contributed by atoms with Crippen molar-refractivity contribution in [1.82, 2.24) is 10.2 Å². The zero-order valence-electron chi connectivity index (χ0n) is 17.1. The number of likely N-dealkylation sites (tertiary alicyclic amines) is 1. The quantitative estimate of drug-likeness (QED) is 0.824. The van der Waals surface area contributed by atoms with E-state index in [1.165, 1.54) is 12.0 Å². The van der Waals surface area contributed by atoms with Crippen LogP contribution in [-0.2, 0) is 4.79 Å². The molecule has 4 atom stereocenters. The molecular weight excluding hydrogens is 360 g/mol. The lowest BCUT2D eigenvalue weighted by atomic mass is 9.84. The van der Waals surface area contributed by atoms with Crippen molar-refractivity contribution in [3.05, 3.63) is 71.8 Å². The summed E-state index contributed by atoms with van der Waals surface area (Å²) in [5.74, 6) is 0.670. The monoisotopic (exact) mass is 390 g/mol. The molecular formula is C25H30N2O2. The summed E-state index contributed by atoms with van der Waals surface area (Å²) in [6.45, 7) is 2.71. The summed E-state index contributed by atoms with van der Waals surface area (Å²) in [6, 6.07) is 19.5. The molecule has 4 heteroatoms. The third-order valence-corrected chi connectivity index (χ3v) is 6.60. The standard InChI is InChI=1S/C25H30N2O2/c1-18(19-10-4-2-5-11-19)17-26-24(28)23-16-21-14-8-9-15-22(21)27(23)25(29)20-12-6-3-7-13-20/h2-7,10-13,18,21-23H,8-9,14-17H2,1H3,(H,26,28). The fourth-order valence-electron chi connectivity index (χ4n) is 4.99. The summed E-state index contributed by atoms with van der Waals surface area (Å²) < 4.78 is 0. The average molecular weight is 391 g/mol. The van der Waals surface area contributed by atoms with Crippen molar-refractivity contribution in [3.8, 4) is 0 Å². The Morgan fingerprint density at radius 2 is 1.66 bits per heavy atom. The SMILES string of the molecule is CC(CNC(=O)C1CC2CCCCC2N1C(=O)c1ccccc1)c1ccccc1. The van der Waals surface area contributed by atoms with Crippen molar-refractivity contribution in [2.24, 2.45) is 5.92 Å². The number of nitrogens with zero attached hydrogens (tertiary/aromatic N) is 1. The molecule has 1 heterocycles. The number of rotatable bonds is 5. The van der Waals surface area contributed by atoms with Crippen LogP contribution in [0.15, 0.2) is 60.7 Å². The molecule has 4 unspecified atom stereocenters. The largest absolute Gasteiger partial charge is 0.354 e.